The molecule has 1 aromatic rings. The van der Waals surface area contributed by atoms with Gasteiger partial charge in [0, 0.05) is 6.42 Å². The first kappa shape index (κ1) is 18.1. The average Bonchev–Trinajstić information content (AvgIpc) is 2.45. The van der Waals surface area contributed by atoms with Gasteiger partial charge in [0.25, 0.3) is 0 Å². The molecule has 2 N–H and O–H groups in total. The summed E-state index contributed by atoms with van der Waals surface area (Å²) in [4.78, 5) is 23.3. The number of carboxylic acids is 1. The van der Waals surface area contributed by atoms with E-state index in [-0.39, 0.29) is 0 Å². The Labute approximate surface area is 128 Å². The van der Waals surface area contributed by atoms with Crippen LogP contribution in [0.3, 0.4) is 0 Å². The van der Waals surface area contributed by atoms with E-state index in [0.29, 0.717) is 5.56 Å². The Bertz CT molecular complexity index is 527. The molecule has 0 aliphatic rings. The summed E-state index contributed by atoms with van der Waals surface area (Å²) in [6, 6.07) is 5.76. The molecule has 0 aliphatic carbocycles. The normalized spacial score (nSPS) is 13.0. The highest BCUT2D eigenvalue weighted by Crippen LogP contribution is 2.24. The Morgan fingerprint density at radius 2 is 1.77 bits per heavy atom. The summed E-state index contributed by atoms with van der Waals surface area (Å²) < 4.78 is 24.8. The summed E-state index contributed by atoms with van der Waals surface area (Å²) in [5.41, 5.74) is 0.798. The van der Waals surface area contributed by atoms with Crippen LogP contribution in [0, 0.1) is 0 Å². The molecule has 122 valence electrons. The van der Waals surface area contributed by atoms with Crippen molar-refractivity contribution >= 4 is 11.9 Å². The molecule has 1 aromatic carbocycles. The largest absolute Gasteiger partial charge is 0.480 e. The zero-order valence-corrected chi connectivity index (χ0v) is 12.9. The van der Waals surface area contributed by atoms with Crippen molar-refractivity contribution in [3.63, 3.8) is 0 Å². The number of hydrogen-bond donors (Lipinski definition) is 2. The van der Waals surface area contributed by atoms with E-state index in [4.69, 9.17) is 5.11 Å². The number of alkyl halides is 2. The molecule has 0 radical (unpaired) electrons. The van der Waals surface area contributed by atoms with E-state index in [2.05, 4.69) is 5.32 Å². The van der Waals surface area contributed by atoms with Crippen molar-refractivity contribution in [2.24, 2.45) is 0 Å². The molecule has 0 heterocycles. The molecule has 0 aromatic heterocycles. The van der Waals surface area contributed by atoms with Gasteiger partial charge in [-0.05, 0) is 31.4 Å². The van der Waals surface area contributed by atoms with Gasteiger partial charge in [-0.25, -0.2) is 13.6 Å². The number of halogens is 2. The molecule has 1 amide bonds. The van der Waals surface area contributed by atoms with Crippen molar-refractivity contribution in [1.82, 2.24) is 5.32 Å². The lowest BCUT2D eigenvalue weighted by Crippen LogP contribution is -2.49. The number of benzene rings is 1. The lowest BCUT2D eigenvalue weighted by molar-refractivity contribution is -0.143. The van der Waals surface area contributed by atoms with Gasteiger partial charge >= 0.3 is 5.97 Å². The molecule has 0 spiro atoms. The third-order valence-corrected chi connectivity index (χ3v) is 3.67. The minimum atomic E-state index is -2.80. The van der Waals surface area contributed by atoms with E-state index >= 15 is 0 Å². The molecular weight excluding hydrogens is 292 g/mol. The van der Waals surface area contributed by atoms with Gasteiger partial charge in [-0.1, -0.05) is 31.2 Å². The fourth-order valence-electron chi connectivity index (χ4n) is 2.03. The monoisotopic (exact) mass is 313 g/mol. The predicted octanol–water partition coefficient (Wildman–Crippen LogP) is 2.75. The Balaban J connectivity index is 2.90. The van der Waals surface area contributed by atoms with Gasteiger partial charge in [-0.2, -0.15) is 0 Å². The van der Waals surface area contributed by atoms with E-state index < -0.39 is 36.2 Å². The highest BCUT2D eigenvalue weighted by molar-refractivity contribution is 5.90. The van der Waals surface area contributed by atoms with E-state index in [1.165, 1.54) is 0 Å². The number of amides is 1. The zero-order valence-electron chi connectivity index (χ0n) is 12.9. The molecule has 4 nitrogen and oxygen atoms in total. The maximum atomic E-state index is 12.4. The van der Waals surface area contributed by atoms with Crippen LogP contribution in [0.5, 0.6) is 0 Å². The molecule has 1 rings (SSSR count). The second kappa shape index (κ2) is 7.33. The van der Waals surface area contributed by atoms with Gasteiger partial charge in [0.2, 0.25) is 12.3 Å². The van der Waals surface area contributed by atoms with Crippen LogP contribution in [-0.2, 0) is 21.4 Å². The quantitative estimate of drug-likeness (QED) is 0.813. The number of carbonyl (C=O) groups is 2. The van der Waals surface area contributed by atoms with Crippen LogP contribution in [0.25, 0.3) is 0 Å². The summed E-state index contributed by atoms with van der Waals surface area (Å²) >= 11 is 0. The minimum absolute atomic E-state index is 0.593. The van der Waals surface area contributed by atoms with Gasteiger partial charge in [0.05, 0.1) is 5.41 Å². The maximum absolute atomic E-state index is 12.4. The Hall–Kier alpha value is -1.98. The molecule has 6 heteroatoms. The first-order chi connectivity index (χ1) is 10.2. The fourth-order valence-corrected chi connectivity index (χ4v) is 2.03. The molecule has 0 aliphatic heterocycles. The van der Waals surface area contributed by atoms with Crippen LogP contribution >= 0.6 is 0 Å². The van der Waals surface area contributed by atoms with Gasteiger partial charge < -0.3 is 10.4 Å². The third kappa shape index (κ3) is 4.51. The Morgan fingerprint density at radius 1 is 1.23 bits per heavy atom. The molecule has 0 saturated heterocycles. The SMILES string of the molecule is CCc1ccc(C(C)(C)C(=O)NC(CC(F)F)C(=O)O)cc1. The number of carboxylic acid groups (broad SMARTS) is 1. The summed E-state index contributed by atoms with van der Waals surface area (Å²) in [6.07, 6.45) is -2.85. The number of aryl methyl sites for hydroxylation is 1. The molecule has 22 heavy (non-hydrogen) atoms. The molecule has 1 atom stereocenters. The number of rotatable bonds is 7. The summed E-state index contributed by atoms with van der Waals surface area (Å²) in [5.74, 6) is -2.06. The Morgan fingerprint density at radius 3 is 2.18 bits per heavy atom. The van der Waals surface area contributed by atoms with Crippen molar-refractivity contribution in [2.75, 3.05) is 0 Å². The van der Waals surface area contributed by atoms with Crippen molar-refractivity contribution in [3.8, 4) is 0 Å². The molecular formula is C16H21F2NO3. The molecule has 0 saturated carbocycles. The lowest BCUT2D eigenvalue weighted by Gasteiger charge is -2.26. The fraction of sp³-hybridized carbons (Fsp3) is 0.500. The highest BCUT2D eigenvalue weighted by atomic mass is 19.3. The average molecular weight is 313 g/mol. The highest BCUT2D eigenvalue weighted by Gasteiger charge is 2.33. The summed E-state index contributed by atoms with van der Waals surface area (Å²) in [5, 5.41) is 11.1. The van der Waals surface area contributed by atoms with E-state index in [1.807, 2.05) is 19.1 Å². The first-order valence-electron chi connectivity index (χ1n) is 7.09. The van der Waals surface area contributed by atoms with Crippen molar-refractivity contribution in [3.05, 3.63) is 35.4 Å². The van der Waals surface area contributed by atoms with Crippen molar-refractivity contribution in [2.45, 2.75) is 51.5 Å². The van der Waals surface area contributed by atoms with E-state index in [1.54, 1.807) is 26.0 Å². The molecule has 0 bridgehead atoms. The number of carbonyl (C=O) groups excluding carboxylic acids is 1. The van der Waals surface area contributed by atoms with Crippen LogP contribution in [0.15, 0.2) is 24.3 Å². The third-order valence-electron chi connectivity index (χ3n) is 3.67. The Kier molecular flexibility index (Phi) is 6.02. The standard InChI is InChI=1S/C16H21F2NO3/c1-4-10-5-7-11(8-6-10)16(2,3)15(22)19-12(14(20)21)9-13(17)18/h5-8,12-13H,4,9H2,1-3H3,(H,19,22)(H,20,21). The van der Waals surface area contributed by atoms with Crippen LogP contribution in [0.2, 0.25) is 0 Å². The second-order valence-corrected chi connectivity index (χ2v) is 5.67. The number of nitrogens with one attached hydrogen (secondary N) is 1. The minimum Gasteiger partial charge on any atom is -0.480 e. The topological polar surface area (TPSA) is 66.4 Å². The smallest absolute Gasteiger partial charge is 0.326 e. The first-order valence-corrected chi connectivity index (χ1v) is 7.09. The second-order valence-electron chi connectivity index (χ2n) is 5.67. The van der Waals surface area contributed by atoms with Crippen LogP contribution in [0.4, 0.5) is 8.78 Å². The van der Waals surface area contributed by atoms with Gasteiger partial charge in [-0.3, -0.25) is 4.79 Å². The van der Waals surface area contributed by atoms with Gasteiger partial charge in [-0.15, -0.1) is 0 Å². The van der Waals surface area contributed by atoms with Crippen LogP contribution < -0.4 is 5.32 Å². The predicted molar refractivity (Wildman–Crippen MR) is 79.0 cm³/mol. The van der Waals surface area contributed by atoms with Crippen LogP contribution in [-0.4, -0.2) is 29.5 Å². The van der Waals surface area contributed by atoms with E-state index in [0.717, 1.165) is 12.0 Å². The number of aliphatic carboxylic acids is 1. The lowest BCUT2D eigenvalue weighted by atomic mass is 9.83. The number of hydrogen-bond acceptors (Lipinski definition) is 2. The van der Waals surface area contributed by atoms with Crippen molar-refractivity contribution in [1.29, 1.82) is 0 Å². The molecule has 1 unspecified atom stereocenters. The van der Waals surface area contributed by atoms with Crippen molar-refractivity contribution < 1.29 is 23.5 Å². The van der Waals surface area contributed by atoms with E-state index in [9.17, 15) is 18.4 Å². The zero-order chi connectivity index (χ0) is 16.9. The summed E-state index contributed by atoms with van der Waals surface area (Å²) in [6.45, 7) is 5.27. The maximum Gasteiger partial charge on any atom is 0.326 e. The van der Waals surface area contributed by atoms with Crippen LogP contribution in [0.1, 0.15) is 38.3 Å². The summed E-state index contributed by atoms with van der Waals surface area (Å²) in [7, 11) is 0. The molecule has 0 fully saturated rings. The van der Waals surface area contributed by atoms with Gasteiger partial charge in [0.15, 0.2) is 0 Å². The van der Waals surface area contributed by atoms with Gasteiger partial charge in [0.1, 0.15) is 6.04 Å².